The minimum absolute atomic E-state index is 0. The van der Waals surface area contributed by atoms with Crippen molar-refractivity contribution in [1.82, 2.24) is 39.5 Å². The number of carbonyl (C=O) groups excluding carboxylic acids is 7. The van der Waals surface area contributed by atoms with Gasteiger partial charge in [-0.3, -0.25) is 76.7 Å². The van der Waals surface area contributed by atoms with Crippen LogP contribution >= 0.6 is 0 Å². The molecule has 5 heterocycles. The molecule has 8 rings (SSSR count). The Morgan fingerprint density at radius 2 is 0.703 bits per heavy atom. The van der Waals surface area contributed by atoms with Crippen molar-refractivity contribution in [2.45, 2.75) is 53.4 Å². The fourth-order valence-electron chi connectivity index (χ4n) is 11.9. The molecule has 0 radical (unpaired) electrons. The summed E-state index contributed by atoms with van der Waals surface area (Å²) in [5, 5.41) is 94.2. The SMILES string of the molecule is C=CC1=C(C)c2cc3[n-]c(cc4nc(cc5[n-]c(cc1n2)c(C)c5C=C)C(C)=C4CCC(=O)O)c(CCC(=O)Nc1cc(C(=O)Nc2cc(C(=O)N(CC(=O)O)CC(=O)O)cc(C(=O)N(CC(=O)O)CC(=O)O)c2)cc(C(=O)Nc2cc(C(=O)N(CC(=O)O)CC(=O)O)cc(C(=O)N(CC(=O)O)CC(=O)O)c2)c1)c3C.[Fe+2]. The van der Waals surface area contributed by atoms with Crippen LogP contribution in [0.15, 0.2) is 98.1 Å². The first kappa shape index (κ1) is 84.0. The molecule has 0 atom stereocenters. The summed E-state index contributed by atoms with van der Waals surface area (Å²) in [5.41, 5.74) is 2.86. The molecule has 6 aromatic rings. The molecule has 0 unspecified atom stereocenters. The zero-order chi connectivity index (χ0) is 81.0. The summed E-state index contributed by atoms with van der Waals surface area (Å²) in [6, 6.07) is 14.4. The van der Waals surface area contributed by atoms with Crippen LogP contribution in [0.25, 0.3) is 50.4 Å². The molecule has 7 amide bonds. The summed E-state index contributed by atoms with van der Waals surface area (Å²) in [4.78, 5) is 229. The number of nitrogens with zero attached hydrogens (tertiary/aromatic N) is 8. The first-order valence-electron chi connectivity index (χ1n) is 32.6. The molecule has 37 heteroatoms. The number of benzene rings is 3. The van der Waals surface area contributed by atoms with E-state index in [2.05, 4.69) is 29.1 Å². The number of hydrogen-bond acceptors (Lipinski definition) is 18. The Hall–Kier alpha value is -14.2. The van der Waals surface area contributed by atoms with Crippen molar-refractivity contribution in [2.75, 3.05) is 68.3 Å². The van der Waals surface area contributed by atoms with Gasteiger partial charge in [0.15, 0.2) is 0 Å². The molecule has 2 aliphatic rings. The minimum atomic E-state index is -1.72. The van der Waals surface area contributed by atoms with Crippen LogP contribution in [-0.4, -0.2) is 223 Å². The molecular formula is C74H67FeN11O25. The van der Waals surface area contributed by atoms with Crippen molar-refractivity contribution in [3.63, 3.8) is 0 Å². The molecule has 36 nitrogen and oxygen atoms in total. The average Bonchev–Trinajstić information content (AvgIpc) is 1.66. The van der Waals surface area contributed by atoms with Crippen LogP contribution in [-0.2, 0) is 71.4 Å². The standard InChI is InChI=1S/C74H69N11O25.Fe/c1-7-47-34(3)51-22-52-36(5)49(57(80-52)25-58-50(10-12-60(87)88)37(6)54(81-58)24-56-48(8-2)35(4)53(79-56)23-55(47)78-51)9-11-59(86)75-44-16-38(69(105)76-45-18-40(71(107)82(26-61(89)90)27-62(91)92)14-41(19-45)72(108)83(28-63(93)94)29-64(95)96)13-39(17-44)70(106)77-46-20-42(73(109)84(30-65(97)98)31-66(99)100)15-43(21-46)74(110)85(32-67(101)102)33-68(103)104;/h7-8,13-25H,1-2,9-12,26-33H2,3-6H3,(H14,75,76,77,78,79,80,81,86,87,88,89,90,91,92,93,94,95,96,97,98,99,100,101,102,103,104,105,106);/q;+2/p-2. The van der Waals surface area contributed by atoms with E-state index in [0.29, 0.717) is 84.9 Å². The first-order chi connectivity index (χ1) is 51.8. The molecule has 0 spiro atoms. The molecule has 2 aliphatic heterocycles. The number of aromatic nitrogens is 4. The number of aliphatic carboxylic acids is 9. The van der Waals surface area contributed by atoms with E-state index in [1.807, 2.05) is 13.8 Å². The Morgan fingerprint density at radius 1 is 0.369 bits per heavy atom. The van der Waals surface area contributed by atoms with Gasteiger partial charge < -0.3 is 91.5 Å². The van der Waals surface area contributed by atoms with Gasteiger partial charge in [0.05, 0.1) is 22.8 Å². The maximum Gasteiger partial charge on any atom is 2.00 e. The normalized spacial score (nSPS) is 11.4. The summed E-state index contributed by atoms with van der Waals surface area (Å²) in [7, 11) is 0. The van der Waals surface area contributed by atoms with Crippen LogP contribution in [0.5, 0.6) is 0 Å². The van der Waals surface area contributed by atoms with Crippen molar-refractivity contribution in [3.8, 4) is 0 Å². The van der Waals surface area contributed by atoms with Crippen molar-refractivity contribution < 1.29 is 140 Å². The smallest absolute Gasteiger partial charge is 0.657 e. The summed E-state index contributed by atoms with van der Waals surface area (Å²) < 4.78 is 0. The number of allylic oxidation sites excluding steroid dienone is 5. The summed E-state index contributed by atoms with van der Waals surface area (Å²) in [5.74, 6) is -24.0. The third kappa shape index (κ3) is 21.1. The van der Waals surface area contributed by atoms with Crippen molar-refractivity contribution in [3.05, 3.63) is 177 Å². The second kappa shape index (κ2) is 35.9. The Labute approximate surface area is 637 Å². The van der Waals surface area contributed by atoms with E-state index in [0.717, 1.165) is 53.6 Å². The van der Waals surface area contributed by atoms with Gasteiger partial charge in [-0.15, -0.1) is 22.1 Å². The molecule has 12 N–H and O–H groups in total. The van der Waals surface area contributed by atoms with Crippen LogP contribution in [0, 0.1) is 13.8 Å². The van der Waals surface area contributed by atoms with E-state index in [1.165, 1.54) is 0 Å². The van der Waals surface area contributed by atoms with Crippen LogP contribution in [0.2, 0.25) is 0 Å². The van der Waals surface area contributed by atoms with Crippen molar-refractivity contribution in [2.24, 2.45) is 0 Å². The van der Waals surface area contributed by atoms with Gasteiger partial charge in [0.2, 0.25) is 5.91 Å². The number of aryl methyl sites for hydroxylation is 3. The minimum Gasteiger partial charge on any atom is -0.657 e. The second-order valence-electron chi connectivity index (χ2n) is 24.8. The molecule has 576 valence electrons. The van der Waals surface area contributed by atoms with Crippen LogP contribution < -0.4 is 25.9 Å². The van der Waals surface area contributed by atoms with E-state index < -0.39 is 199 Å². The summed E-state index contributed by atoms with van der Waals surface area (Å²) >= 11 is 0. The number of carbonyl (C=O) groups is 16. The monoisotopic (exact) mass is 1570 g/mol. The summed E-state index contributed by atoms with van der Waals surface area (Å²) in [6.45, 7) is 5.17. The zero-order valence-electron chi connectivity index (χ0n) is 59.0. The molecule has 0 saturated heterocycles. The van der Waals surface area contributed by atoms with E-state index in [4.69, 9.17) is 19.9 Å². The number of carboxylic acids is 9. The van der Waals surface area contributed by atoms with Crippen LogP contribution in [0.4, 0.5) is 17.1 Å². The number of hydrogen-bond donors (Lipinski definition) is 12. The predicted octanol–water partition coefficient (Wildman–Crippen LogP) is 5.26. The number of rotatable bonds is 33. The van der Waals surface area contributed by atoms with E-state index in [-0.39, 0.29) is 67.1 Å². The Kier molecular flexibility index (Phi) is 27.2. The van der Waals surface area contributed by atoms with Crippen molar-refractivity contribution >= 4 is 163 Å². The maximum atomic E-state index is 14.9. The Balaban J connectivity index is 0.0000171. The van der Waals surface area contributed by atoms with Gasteiger partial charge in [0, 0.05) is 68.9 Å². The predicted molar refractivity (Wildman–Crippen MR) is 387 cm³/mol. The third-order valence-corrected chi connectivity index (χ3v) is 16.9. The zero-order valence-corrected chi connectivity index (χ0v) is 60.2. The molecule has 3 aromatic heterocycles. The molecule has 3 aromatic carbocycles. The van der Waals surface area contributed by atoms with Gasteiger partial charge >= 0.3 is 70.8 Å². The van der Waals surface area contributed by atoms with E-state index >= 15 is 0 Å². The summed E-state index contributed by atoms with van der Waals surface area (Å²) in [6.07, 6.45) is 2.46. The average molecular weight is 1570 g/mol. The third-order valence-electron chi connectivity index (χ3n) is 16.9. The largest absolute Gasteiger partial charge is 2.00 e. The maximum absolute atomic E-state index is 14.9. The number of anilines is 3. The topological polar surface area (TPSA) is 558 Å². The Bertz CT molecular complexity index is 4890. The van der Waals surface area contributed by atoms with Gasteiger partial charge in [0.25, 0.3) is 35.4 Å². The molecule has 0 saturated carbocycles. The molecule has 8 bridgehead atoms. The van der Waals surface area contributed by atoms with E-state index in [9.17, 15) is 123 Å². The Morgan fingerprint density at radius 3 is 1.09 bits per heavy atom. The molecule has 111 heavy (non-hydrogen) atoms. The molecule has 0 aliphatic carbocycles. The second-order valence-corrected chi connectivity index (χ2v) is 24.8. The van der Waals surface area contributed by atoms with Crippen LogP contribution in [0.1, 0.15) is 140 Å². The van der Waals surface area contributed by atoms with E-state index in [1.54, 1.807) is 50.3 Å². The van der Waals surface area contributed by atoms with Crippen LogP contribution in [0.3, 0.4) is 0 Å². The number of fused-ring (bicyclic) bond motifs is 8. The molecular weight excluding hydrogens is 1500 g/mol. The fraction of sp³-hybridized carbons (Fsp3) is 0.216. The first-order valence-corrected chi connectivity index (χ1v) is 32.6. The van der Waals surface area contributed by atoms with Gasteiger partial charge in [-0.25, -0.2) is 9.97 Å². The molecule has 0 fully saturated rings. The quantitative estimate of drug-likeness (QED) is 0.0234. The number of amides is 7. The van der Waals surface area contributed by atoms with Gasteiger partial charge in [-0.1, -0.05) is 66.3 Å². The fourth-order valence-corrected chi connectivity index (χ4v) is 11.9. The van der Waals surface area contributed by atoms with Gasteiger partial charge in [0.1, 0.15) is 52.4 Å². The number of carboxylic acid groups (broad SMARTS) is 9. The van der Waals surface area contributed by atoms with Gasteiger partial charge in [-0.2, -0.15) is 0 Å². The number of nitrogens with one attached hydrogen (secondary N) is 3. The van der Waals surface area contributed by atoms with Gasteiger partial charge in [-0.05, 0) is 117 Å². The van der Waals surface area contributed by atoms with Crippen molar-refractivity contribution in [1.29, 1.82) is 0 Å².